The lowest BCUT2D eigenvalue weighted by Crippen LogP contribution is -2.40. The van der Waals surface area contributed by atoms with Crippen LogP contribution >= 0.6 is 11.6 Å². The molecule has 0 amide bonds. The molecule has 1 saturated carbocycles. The average Bonchev–Trinajstić information content (AvgIpc) is 2.92. The quantitative estimate of drug-likeness (QED) is 0.782. The van der Waals surface area contributed by atoms with Gasteiger partial charge in [0, 0.05) is 12.6 Å². The van der Waals surface area contributed by atoms with Gasteiger partial charge in [-0.2, -0.15) is 0 Å². The third-order valence-electron chi connectivity index (χ3n) is 3.86. The lowest BCUT2D eigenvalue weighted by Gasteiger charge is -2.21. The van der Waals surface area contributed by atoms with Crippen LogP contribution in [0.2, 0.25) is 5.02 Å². The van der Waals surface area contributed by atoms with Gasteiger partial charge < -0.3 is 9.47 Å². The van der Waals surface area contributed by atoms with E-state index in [0.29, 0.717) is 6.42 Å². The first-order chi connectivity index (χ1) is 11.5. The molecule has 0 saturated heterocycles. The zero-order valence-corrected chi connectivity index (χ0v) is 16.4. The Morgan fingerprint density at radius 1 is 1.24 bits per heavy atom. The second-order valence-electron chi connectivity index (χ2n) is 7.15. The number of ether oxygens (including phenoxy) is 2. The van der Waals surface area contributed by atoms with Gasteiger partial charge in [-0.05, 0) is 58.2 Å². The van der Waals surface area contributed by atoms with Crippen LogP contribution in [0.1, 0.15) is 50.4 Å². The highest BCUT2D eigenvalue weighted by Crippen LogP contribution is 2.27. The van der Waals surface area contributed by atoms with E-state index in [9.17, 15) is 13.2 Å². The van der Waals surface area contributed by atoms with Crippen LogP contribution in [0.3, 0.4) is 0 Å². The van der Waals surface area contributed by atoms with Gasteiger partial charge in [0.15, 0.2) is 0 Å². The van der Waals surface area contributed by atoms with E-state index >= 15 is 0 Å². The van der Waals surface area contributed by atoms with Crippen LogP contribution in [0.15, 0.2) is 23.1 Å². The van der Waals surface area contributed by atoms with Crippen LogP contribution < -0.4 is 4.72 Å². The standard InChI is InChI=1S/C17H24ClNO5S/c1-17(2,3)19-25(21,22)11-8-9-13(18)12(10-11)16(20)24-15-7-5-6-14(15)23-4/h8-10,14-15,19H,5-7H2,1-4H3. The summed E-state index contributed by atoms with van der Waals surface area (Å²) in [5.74, 6) is -0.647. The van der Waals surface area contributed by atoms with E-state index in [1.165, 1.54) is 18.2 Å². The molecule has 0 aliphatic heterocycles. The summed E-state index contributed by atoms with van der Waals surface area (Å²) in [5, 5.41) is 0.145. The highest BCUT2D eigenvalue weighted by molar-refractivity contribution is 7.89. The van der Waals surface area contributed by atoms with Gasteiger partial charge in [0.2, 0.25) is 10.0 Å². The fourth-order valence-electron chi connectivity index (χ4n) is 2.79. The largest absolute Gasteiger partial charge is 0.456 e. The first kappa shape index (κ1) is 20.2. The molecule has 1 fully saturated rings. The van der Waals surface area contributed by atoms with Crippen LogP contribution in [-0.2, 0) is 19.5 Å². The number of benzene rings is 1. The Balaban J connectivity index is 2.25. The Kier molecular flexibility index (Phi) is 6.14. The molecule has 1 aliphatic carbocycles. The molecule has 0 bridgehead atoms. The molecule has 140 valence electrons. The Labute approximate surface area is 153 Å². The molecule has 1 aliphatic rings. The number of hydrogen-bond acceptors (Lipinski definition) is 5. The van der Waals surface area contributed by atoms with Crippen molar-refractivity contribution in [1.29, 1.82) is 0 Å². The van der Waals surface area contributed by atoms with Crippen LogP contribution in [0, 0.1) is 0 Å². The Morgan fingerprint density at radius 2 is 1.88 bits per heavy atom. The van der Waals surface area contributed by atoms with Crippen molar-refractivity contribution < 1.29 is 22.7 Å². The van der Waals surface area contributed by atoms with Gasteiger partial charge in [-0.1, -0.05) is 11.6 Å². The minimum absolute atomic E-state index is 0.0280. The van der Waals surface area contributed by atoms with E-state index < -0.39 is 21.5 Å². The molecule has 25 heavy (non-hydrogen) atoms. The Morgan fingerprint density at radius 3 is 2.48 bits per heavy atom. The monoisotopic (exact) mass is 389 g/mol. The van der Waals surface area contributed by atoms with Crippen molar-refractivity contribution in [3.63, 3.8) is 0 Å². The molecule has 1 aromatic carbocycles. The predicted octanol–water partition coefficient (Wildman–Crippen LogP) is 3.14. The van der Waals surface area contributed by atoms with Gasteiger partial charge >= 0.3 is 5.97 Å². The topological polar surface area (TPSA) is 81.7 Å². The Hall–Kier alpha value is -1.15. The summed E-state index contributed by atoms with van der Waals surface area (Å²) in [4.78, 5) is 12.4. The molecule has 8 heteroatoms. The zero-order chi connectivity index (χ0) is 18.8. The van der Waals surface area contributed by atoms with Crippen molar-refractivity contribution in [1.82, 2.24) is 4.72 Å². The normalized spacial score (nSPS) is 21.3. The third-order valence-corrected chi connectivity index (χ3v) is 5.95. The summed E-state index contributed by atoms with van der Waals surface area (Å²) in [6.07, 6.45) is 1.96. The van der Waals surface area contributed by atoms with Crippen molar-refractivity contribution in [2.45, 2.75) is 62.7 Å². The summed E-state index contributed by atoms with van der Waals surface area (Å²) >= 11 is 6.08. The van der Waals surface area contributed by atoms with Crippen molar-refractivity contribution in [3.05, 3.63) is 28.8 Å². The first-order valence-corrected chi connectivity index (χ1v) is 9.97. The molecular weight excluding hydrogens is 366 g/mol. The molecule has 6 nitrogen and oxygen atoms in total. The fraction of sp³-hybridized carbons (Fsp3) is 0.588. The van der Waals surface area contributed by atoms with Gasteiger partial charge in [0.05, 0.1) is 21.6 Å². The maximum absolute atomic E-state index is 12.5. The van der Waals surface area contributed by atoms with Crippen LogP contribution in [0.5, 0.6) is 0 Å². The summed E-state index contributed by atoms with van der Waals surface area (Å²) < 4.78 is 38.2. The van der Waals surface area contributed by atoms with Crippen molar-refractivity contribution in [2.75, 3.05) is 7.11 Å². The third kappa shape index (κ3) is 5.17. The molecule has 2 unspecified atom stereocenters. The van der Waals surface area contributed by atoms with E-state index in [1.54, 1.807) is 27.9 Å². The van der Waals surface area contributed by atoms with Crippen molar-refractivity contribution >= 4 is 27.6 Å². The molecule has 2 atom stereocenters. The van der Waals surface area contributed by atoms with Gasteiger partial charge in [-0.25, -0.2) is 17.9 Å². The van der Waals surface area contributed by atoms with Crippen LogP contribution in [-0.4, -0.2) is 39.2 Å². The zero-order valence-electron chi connectivity index (χ0n) is 14.8. The fourth-order valence-corrected chi connectivity index (χ4v) is 4.43. The summed E-state index contributed by atoms with van der Waals surface area (Å²) in [6.45, 7) is 5.21. The van der Waals surface area contributed by atoms with Crippen molar-refractivity contribution in [3.8, 4) is 0 Å². The Bertz CT molecular complexity index is 742. The number of nitrogens with one attached hydrogen (secondary N) is 1. The summed E-state index contributed by atoms with van der Waals surface area (Å²) in [7, 11) is -2.20. The minimum Gasteiger partial charge on any atom is -0.456 e. The van der Waals surface area contributed by atoms with E-state index in [1.807, 2.05) is 0 Å². The van der Waals surface area contributed by atoms with Crippen LogP contribution in [0.25, 0.3) is 0 Å². The maximum atomic E-state index is 12.5. The molecule has 0 radical (unpaired) electrons. The smallest absolute Gasteiger partial charge is 0.340 e. The lowest BCUT2D eigenvalue weighted by molar-refractivity contribution is -0.0206. The molecule has 1 N–H and O–H groups in total. The van der Waals surface area contributed by atoms with Gasteiger partial charge in [-0.15, -0.1) is 0 Å². The number of sulfonamides is 1. The highest BCUT2D eigenvalue weighted by Gasteiger charge is 2.32. The van der Waals surface area contributed by atoms with Crippen molar-refractivity contribution in [2.24, 2.45) is 0 Å². The SMILES string of the molecule is COC1CCCC1OC(=O)c1cc(S(=O)(=O)NC(C)(C)C)ccc1Cl. The number of halogens is 1. The summed E-state index contributed by atoms with van der Waals surface area (Å²) in [5.41, 5.74) is -0.616. The number of esters is 1. The second-order valence-corrected chi connectivity index (χ2v) is 9.24. The molecule has 1 aromatic rings. The number of carbonyl (C=O) groups excluding carboxylic acids is 1. The average molecular weight is 390 g/mol. The number of methoxy groups -OCH3 is 1. The number of hydrogen-bond donors (Lipinski definition) is 1. The van der Waals surface area contributed by atoms with Gasteiger partial charge in [0.1, 0.15) is 6.10 Å². The minimum atomic E-state index is -3.77. The molecular formula is C17H24ClNO5S. The van der Waals surface area contributed by atoms with E-state index in [2.05, 4.69) is 4.72 Å². The molecule has 0 spiro atoms. The maximum Gasteiger partial charge on any atom is 0.340 e. The molecule has 2 rings (SSSR count). The molecule has 0 aromatic heterocycles. The second kappa shape index (κ2) is 7.61. The summed E-state index contributed by atoms with van der Waals surface area (Å²) in [6, 6.07) is 3.99. The highest BCUT2D eigenvalue weighted by atomic mass is 35.5. The van der Waals surface area contributed by atoms with E-state index in [-0.39, 0.29) is 27.7 Å². The number of carbonyl (C=O) groups is 1. The van der Waals surface area contributed by atoms with Gasteiger partial charge in [0.25, 0.3) is 0 Å². The van der Waals surface area contributed by atoms with Gasteiger partial charge in [-0.3, -0.25) is 0 Å². The lowest BCUT2D eigenvalue weighted by atomic mass is 10.1. The van der Waals surface area contributed by atoms with E-state index in [0.717, 1.165) is 12.8 Å². The van der Waals surface area contributed by atoms with Crippen LogP contribution in [0.4, 0.5) is 0 Å². The first-order valence-electron chi connectivity index (χ1n) is 8.11. The predicted molar refractivity (Wildman–Crippen MR) is 95.4 cm³/mol. The molecule has 0 heterocycles. The number of rotatable bonds is 5. The van der Waals surface area contributed by atoms with E-state index in [4.69, 9.17) is 21.1 Å².